The summed E-state index contributed by atoms with van der Waals surface area (Å²) in [5.74, 6) is -0.947. The van der Waals surface area contributed by atoms with Gasteiger partial charge in [-0.1, -0.05) is 23.7 Å². The van der Waals surface area contributed by atoms with Crippen LogP contribution < -0.4 is 0 Å². The molecular formula is C10H9ClO2. The predicted octanol–water partition coefficient (Wildman–Crippen LogP) is 2.83. The van der Waals surface area contributed by atoms with Gasteiger partial charge in [0.1, 0.15) is 0 Å². The quantitative estimate of drug-likeness (QED) is 0.739. The van der Waals surface area contributed by atoms with E-state index in [1.54, 1.807) is 25.1 Å². The molecule has 0 unspecified atom stereocenters. The summed E-state index contributed by atoms with van der Waals surface area (Å²) in [4.78, 5) is 10.4. The van der Waals surface area contributed by atoms with Gasteiger partial charge in [0.25, 0.3) is 0 Å². The number of rotatable bonds is 2. The summed E-state index contributed by atoms with van der Waals surface area (Å²) >= 11 is 5.75. The fourth-order valence-corrected chi connectivity index (χ4v) is 1.19. The van der Waals surface area contributed by atoms with Gasteiger partial charge in [-0.25, -0.2) is 4.79 Å². The summed E-state index contributed by atoms with van der Waals surface area (Å²) in [6.07, 6.45) is 1.16. The highest BCUT2D eigenvalue weighted by molar-refractivity contribution is 6.30. The molecule has 0 fully saturated rings. The fraction of sp³-hybridized carbons (Fsp3) is 0.100. The second kappa shape index (κ2) is 4.10. The van der Waals surface area contributed by atoms with Crippen LogP contribution in [0.1, 0.15) is 12.5 Å². The summed E-state index contributed by atoms with van der Waals surface area (Å²) in [6, 6.07) is 7.09. The Kier molecular flexibility index (Phi) is 3.09. The Morgan fingerprint density at radius 2 is 2.23 bits per heavy atom. The van der Waals surface area contributed by atoms with Gasteiger partial charge in [-0.2, -0.15) is 0 Å². The van der Waals surface area contributed by atoms with Gasteiger partial charge in [0.05, 0.1) is 0 Å². The smallest absolute Gasteiger partial charge is 0.328 e. The van der Waals surface area contributed by atoms with Crippen molar-refractivity contribution in [1.82, 2.24) is 0 Å². The van der Waals surface area contributed by atoms with Crippen LogP contribution in [0.3, 0.4) is 0 Å². The minimum atomic E-state index is -0.947. The van der Waals surface area contributed by atoms with Gasteiger partial charge in [0.2, 0.25) is 0 Å². The zero-order chi connectivity index (χ0) is 9.84. The van der Waals surface area contributed by atoms with Gasteiger partial charge in [-0.05, 0) is 30.2 Å². The molecule has 1 aromatic rings. The number of carboxylic acids is 1. The molecular weight excluding hydrogens is 188 g/mol. The van der Waals surface area contributed by atoms with Crippen LogP contribution in [-0.4, -0.2) is 11.1 Å². The third kappa shape index (κ3) is 2.92. The lowest BCUT2D eigenvalue weighted by atomic mass is 10.1. The Labute approximate surface area is 81.5 Å². The second-order valence-corrected chi connectivity index (χ2v) is 3.11. The number of hydrogen-bond acceptors (Lipinski definition) is 1. The van der Waals surface area contributed by atoms with Crippen molar-refractivity contribution in [2.24, 2.45) is 0 Å². The first kappa shape index (κ1) is 9.81. The van der Waals surface area contributed by atoms with Crippen molar-refractivity contribution >= 4 is 23.1 Å². The van der Waals surface area contributed by atoms with E-state index in [4.69, 9.17) is 16.7 Å². The Morgan fingerprint density at radius 1 is 1.54 bits per heavy atom. The van der Waals surface area contributed by atoms with Gasteiger partial charge in [0.15, 0.2) is 0 Å². The van der Waals surface area contributed by atoms with E-state index in [1.807, 2.05) is 6.07 Å². The number of allylic oxidation sites excluding steroid dienone is 1. The number of carboxylic acid groups (broad SMARTS) is 1. The molecule has 0 amide bonds. The van der Waals surface area contributed by atoms with Gasteiger partial charge in [-0.15, -0.1) is 0 Å². The predicted molar refractivity (Wildman–Crippen MR) is 52.7 cm³/mol. The van der Waals surface area contributed by atoms with Crippen molar-refractivity contribution in [3.8, 4) is 0 Å². The number of benzene rings is 1. The molecule has 1 aromatic carbocycles. The van der Waals surface area contributed by atoms with E-state index in [0.717, 1.165) is 11.6 Å². The summed E-state index contributed by atoms with van der Waals surface area (Å²) < 4.78 is 0. The zero-order valence-electron chi connectivity index (χ0n) is 7.12. The lowest BCUT2D eigenvalue weighted by Gasteiger charge is -1.99. The molecule has 1 N–H and O–H groups in total. The van der Waals surface area contributed by atoms with Crippen LogP contribution >= 0.6 is 11.6 Å². The standard InChI is InChI=1S/C10H9ClO2/c1-7(5-10(12)13)8-3-2-4-9(11)6-8/h2-6H,1H3,(H,12,13)/b7-5+. The minimum absolute atomic E-state index is 0.607. The molecule has 13 heavy (non-hydrogen) atoms. The van der Waals surface area contributed by atoms with Crippen molar-refractivity contribution in [2.45, 2.75) is 6.92 Å². The van der Waals surface area contributed by atoms with E-state index in [0.29, 0.717) is 10.6 Å². The highest BCUT2D eigenvalue weighted by Crippen LogP contribution is 2.17. The molecule has 0 aliphatic rings. The van der Waals surface area contributed by atoms with Crippen molar-refractivity contribution in [1.29, 1.82) is 0 Å². The molecule has 1 rings (SSSR count). The molecule has 0 saturated carbocycles. The Balaban J connectivity index is 3.02. The Bertz CT molecular complexity index is 356. The third-order valence-corrected chi connectivity index (χ3v) is 1.86. The maximum atomic E-state index is 10.4. The highest BCUT2D eigenvalue weighted by atomic mass is 35.5. The Hall–Kier alpha value is -1.28. The first-order valence-electron chi connectivity index (χ1n) is 3.77. The summed E-state index contributed by atoms with van der Waals surface area (Å²) in [5.41, 5.74) is 1.52. The molecule has 0 aliphatic heterocycles. The molecule has 3 heteroatoms. The molecule has 0 saturated heterocycles. The van der Waals surface area contributed by atoms with Gasteiger partial charge in [0, 0.05) is 11.1 Å². The average molecular weight is 197 g/mol. The lowest BCUT2D eigenvalue weighted by molar-refractivity contribution is -0.131. The van der Waals surface area contributed by atoms with Crippen LogP contribution in [0.15, 0.2) is 30.3 Å². The number of halogens is 1. The monoisotopic (exact) mass is 196 g/mol. The van der Waals surface area contributed by atoms with Gasteiger partial charge in [-0.3, -0.25) is 0 Å². The molecule has 68 valence electrons. The molecule has 0 atom stereocenters. The van der Waals surface area contributed by atoms with E-state index in [2.05, 4.69) is 0 Å². The summed E-state index contributed by atoms with van der Waals surface area (Å²) in [7, 11) is 0. The van der Waals surface area contributed by atoms with Crippen LogP contribution in [0, 0.1) is 0 Å². The second-order valence-electron chi connectivity index (χ2n) is 2.68. The highest BCUT2D eigenvalue weighted by Gasteiger charge is 1.98. The van der Waals surface area contributed by atoms with Crippen LogP contribution in [0.2, 0.25) is 5.02 Å². The molecule has 0 bridgehead atoms. The molecule has 0 aromatic heterocycles. The fourth-order valence-electron chi connectivity index (χ4n) is 1.00. The minimum Gasteiger partial charge on any atom is -0.478 e. The maximum absolute atomic E-state index is 10.4. The van der Waals surface area contributed by atoms with E-state index < -0.39 is 5.97 Å². The first-order valence-corrected chi connectivity index (χ1v) is 4.14. The maximum Gasteiger partial charge on any atom is 0.328 e. The van der Waals surface area contributed by atoms with Crippen LogP contribution in [0.5, 0.6) is 0 Å². The van der Waals surface area contributed by atoms with E-state index in [9.17, 15) is 4.79 Å². The van der Waals surface area contributed by atoms with Gasteiger partial charge >= 0.3 is 5.97 Å². The lowest BCUT2D eigenvalue weighted by Crippen LogP contribution is -1.89. The van der Waals surface area contributed by atoms with Crippen molar-refractivity contribution in [3.63, 3.8) is 0 Å². The van der Waals surface area contributed by atoms with Crippen LogP contribution in [0.25, 0.3) is 5.57 Å². The normalized spacial score (nSPS) is 11.4. The van der Waals surface area contributed by atoms with Crippen molar-refractivity contribution in [3.05, 3.63) is 40.9 Å². The Morgan fingerprint density at radius 3 is 2.77 bits per heavy atom. The average Bonchev–Trinajstić information content (AvgIpc) is 2.03. The molecule has 0 spiro atoms. The van der Waals surface area contributed by atoms with Crippen molar-refractivity contribution < 1.29 is 9.90 Å². The summed E-state index contributed by atoms with van der Waals surface area (Å²) in [6.45, 7) is 1.74. The van der Waals surface area contributed by atoms with Crippen LogP contribution in [-0.2, 0) is 4.79 Å². The SMILES string of the molecule is C/C(=C\C(=O)O)c1cccc(Cl)c1. The molecule has 0 aliphatic carbocycles. The number of aliphatic carboxylic acids is 1. The first-order chi connectivity index (χ1) is 6.09. The largest absolute Gasteiger partial charge is 0.478 e. The molecule has 0 radical (unpaired) electrons. The van der Waals surface area contributed by atoms with E-state index >= 15 is 0 Å². The zero-order valence-corrected chi connectivity index (χ0v) is 7.88. The number of hydrogen-bond donors (Lipinski definition) is 1. The number of carbonyl (C=O) groups is 1. The van der Waals surface area contributed by atoms with Gasteiger partial charge < -0.3 is 5.11 Å². The molecule has 0 heterocycles. The third-order valence-electron chi connectivity index (χ3n) is 1.62. The topological polar surface area (TPSA) is 37.3 Å². The van der Waals surface area contributed by atoms with E-state index in [1.165, 1.54) is 0 Å². The van der Waals surface area contributed by atoms with E-state index in [-0.39, 0.29) is 0 Å². The summed E-state index contributed by atoms with van der Waals surface area (Å²) in [5, 5.41) is 9.11. The van der Waals surface area contributed by atoms with Crippen molar-refractivity contribution in [2.75, 3.05) is 0 Å². The van der Waals surface area contributed by atoms with Crippen LogP contribution in [0.4, 0.5) is 0 Å². The molecule has 2 nitrogen and oxygen atoms in total.